The number of hydrogen-bond donors (Lipinski definition) is 0. The van der Waals surface area contributed by atoms with Crippen molar-refractivity contribution in [2.75, 3.05) is 13.1 Å². The van der Waals surface area contributed by atoms with Crippen molar-refractivity contribution in [1.82, 2.24) is 0 Å². The molecule has 0 aromatic heterocycles. The molecule has 0 atom stereocenters. The van der Waals surface area contributed by atoms with Gasteiger partial charge in [0.15, 0.2) is 0 Å². The van der Waals surface area contributed by atoms with Crippen LogP contribution in [-0.2, 0) is 0 Å². The Morgan fingerprint density at radius 2 is 0.968 bits per heavy atom. The average molecular weight is 405 g/mol. The van der Waals surface area contributed by atoms with Crippen molar-refractivity contribution in [3.8, 4) is 0 Å². The van der Waals surface area contributed by atoms with Gasteiger partial charge in [-0.1, -0.05) is 72.8 Å². The molecule has 154 valence electrons. The Kier molecular flexibility index (Phi) is 6.68. The third-order valence-electron chi connectivity index (χ3n) is 5.80. The molecule has 2 nitrogen and oxygen atoms in total. The fourth-order valence-corrected chi connectivity index (χ4v) is 3.98. The van der Waals surface area contributed by atoms with Gasteiger partial charge in [-0.3, -0.25) is 9.98 Å². The molecular weight excluding hydrogens is 376 g/mol. The van der Waals surface area contributed by atoms with Gasteiger partial charge in [0, 0.05) is 25.5 Å². The number of hydrogen-bond acceptors (Lipinski definition) is 2. The second-order valence-electron chi connectivity index (χ2n) is 7.77. The molecule has 0 saturated carbocycles. The van der Waals surface area contributed by atoms with E-state index in [2.05, 4.69) is 109 Å². The van der Waals surface area contributed by atoms with Crippen molar-refractivity contribution >= 4 is 23.6 Å². The van der Waals surface area contributed by atoms with E-state index < -0.39 is 0 Å². The van der Waals surface area contributed by atoms with Crippen LogP contribution in [0, 0.1) is 13.8 Å². The van der Waals surface area contributed by atoms with Crippen LogP contribution in [0.4, 0.5) is 0 Å². The first-order valence-corrected chi connectivity index (χ1v) is 10.9. The van der Waals surface area contributed by atoms with Crippen molar-refractivity contribution in [1.29, 1.82) is 0 Å². The molecule has 3 aromatic carbocycles. The number of allylic oxidation sites excluding steroid dienone is 2. The molecule has 0 amide bonds. The van der Waals surface area contributed by atoms with E-state index in [1.165, 1.54) is 44.5 Å². The summed E-state index contributed by atoms with van der Waals surface area (Å²) in [5.74, 6) is 0. The molecule has 2 aliphatic rings. The second kappa shape index (κ2) is 9.99. The molecule has 2 bridgehead atoms. The van der Waals surface area contributed by atoms with E-state index in [0.29, 0.717) is 0 Å². The van der Waals surface area contributed by atoms with Crippen LogP contribution >= 0.6 is 0 Å². The first-order chi connectivity index (χ1) is 15.3. The highest BCUT2D eigenvalue weighted by Gasteiger charge is 2.14. The van der Waals surface area contributed by atoms with Crippen LogP contribution in [0.2, 0.25) is 0 Å². The van der Waals surface area contributed by atoms with Gasteiger partial charge in [0.1, 0.15) is 0 Å². The van der Waals surface area contributed by atoms with Gasteiger partial charge in [-0.15, -0.1) is 0 Å². The van der Waals surface area contributed by atoms with Crippen molar-refractivity contribution in [2.45, 2.75) is 20.3 Å². The van der Waals surface area contributed by atoms with E-state index in [0.717, 1.165) is 19.5 Å². The summed E-state index contributed by atoms with van der Waals surface area (Å²) in [6, 6.07) is 25.6. The zero-order valence-electron chi connectivity index (χ0n) is 18.3. The Morgan fingerprint density at radius 3 is 1.39 bits per heavy atom. The van der Waals surface area contributed by atoms with Crippen molar-refractivity contribution in [2.24, 2.45) is 9.98 Å². The average Bonchev–Trinajstić information content (AvgIpc) is 2.82. The second-order valence-corrected chi connectivity index (χ2v) is 7.77. The lowest BCUT2D eigenvalue weighted by Gasteiger charge is -2.18. The molecule has 2 heterocycles. The Morgan fingerprint density at radius 1 is 0.548 bits per heavy atom. The fraction of sp³-hybridized carbons (Fsp3) is 0.172. The smallest absolute Gasteiger partial charge is 0.0406 e. The molecule has 5 rings (SSSR count). The highest BCUT2D eigenvalue weighted by atomic mass is 14.7. The summed E-state index contributed by atoms with van der Waals surface area (Å²) < 4.78 is 0. The number of rotatable bonds is 2. The van der Waals surface area contributed by atoms with Gasteiger partial charge in [-0.25, -0.2) is 0 Å². The summed E-state index contributed by atoms with van der Waals surface area (Å²) in [7, 11) is 0. The zero-order chi connectivity index (χ0) is 21.5. The van der Waals surface area contributed by atoms with E-state index in [4.69, 9.17) is 0 Å². The molecule has 0 saturated heterocycles. The highest BCUT2D eigenvalue weighted by molar-refractivity contribution is 5.95. The van der Waals surface area contributed by atoms with Crippen LogP contribution in [0.5, 0.6) is 0 Å². The van der Waals surface area contributed by atoms with E-state index in [1.807, 2.05) is 12.4 Å². The molecule has 0 radical (unpaired) electrons. The van der Waals surface area contributed by atoms with Crippen LogP contribution < -0.4 is 0 Å². The molecule has 0 fully saturated rings. The summed E-state index contributed by atoms with van der Waals surface area (Å²) in [6.07, 6.45) is 9.13. The predicted molar refractivity (Wildman–Crippen MR) is 134 cm³/mol. The van der Waals surface area contributed by atoms with E-state index in [9.17, 15) is 0 Å². The molecule has 0 aliphatic carbocycles. The Hall–Kier alpha value is -3.52. The largest absolute Gasteiger partial charge is 0.293 e. The number of fused-ring (bicyclic) bond motifs is 8. The van der Waals surface area contributed by atoms with Crippen molar-refractivity contribution in [3.63, 3.8) is 0 Å². The van der Waals surface area contributed by atoms with Gasteiger partial charge < -0.3 is 0 Å². The van der Waals surface area contributed by atoms with Gasteiger partial charge in [0.05, 0.1) is 0 Å². The first kappa shape index (κ1) is 20.7. The van der Waals surface area contributed by atoms with Gasteiger partial charge >= 0.3 is 0 Å². The van der Waals surface area contributed by atoms with E-state index in [-0.39, 0.29) is 0 Å². The topological polar surface area (TPSA) is 24.7 Å². The summed E-state index contributed by atoms with van der Waals surface area (Å²) in [5, 5.41) is 0. The highest BCUT2D eigenvalue weighted by Crippen LogP contribution is 2.33. The van der Waals surface area contributed by atoms with E-state index in [1.54, 1.807) is 0 Å². The molecule has 0 spiro atoms. The van der Waals surface area contributed by atoms with Crippen LogP contribution in [0.15, 0.2) is 94.9 Å². The van der Waals surface area contributed by atoms with E-state index >= 15 is 0 Å². The van der Waals surface area contributed by atoms with Gasteiger partial charge in [-0.2, -0.15) is 0 Å². The maximum atomic E-state index is 4.60. The minimum Gasteiger partial charge on any atom is -0.293 e. The number of aliphatic imine (C=N–C) groups is 2. The van der Waals surface area contributed by atoms with Crippen LogP contribution in [0.1, 0.15) is 39.8 Å². The fourth-order valence-electron chi connectivity index (χ4n) is 3.98. The third-order valence-corrected chi connectivity index (χ3v) is 5.80. The predicted octanol–water partition coefficient (Wildman–Crippen LogP) is 6.71. The van der Waals surface area contributed by atoms with Crippen LogP contribution in [-0.4, -0.2) is 25.5 Å². The summed E-state index contributed by atoms with van der Waals surface area (Å²) in [6.45, 7) is 6.00. The molecule has 0 unspecified atom stereocenters. The Bertz CT molecular complexity index is 1060. The maximum Gasteiger partial charge on any atom is 0.0406 e. The minimum absolute atomic E-state index is 0.779. The van der Waals surface area contributed by atoms with Crippen LogP contribution in [0.3, 0.4) is 0 Å². The first-order valence-electron chi connectivity index (χ1n) is 10.9. The minimum atomic E-state index is 0.779. The number of benzene rings is 3. The standard InChI is InChI=1S/C29H28N2/c1-22-23(2)27-15-14-26(22)28(24-10-5-3-6-11-24)16-20-30-18-9-19-31-21-17-29(27)25-12-7-4-8-13-25/h3-8,10-17,20-21H,9,18-19H2,1-2H3/b28-16-,29-17-,30-20+,31-21+. The summed E-state index contributed by atoms with van der Waals surface area (Å²) in [4.78, 5) is 9.19. The molecule has 3 aromatic rings. The van der Waals surface area contributed by atoms with Gasteiger partial charge in [0.25, 0.3) is 0 Å². The normalized spacial score (nSPS) is 19.9. The quantitative estimate of drug-likeness (QED) is 0.453. The van der Waals surface area contributed by atoms with Crippen molar-refractivity contribution in [3.05, 3.63) is 118 Å². The molecule has 0 N–H and O–H groups in total. The molecular formula is C29H28N2. The lowest BCUT2D eigenvalue weighted by atomic mass is 9.86. The maximum absolute atomic E-state index is 4.60. The van der Waals surface area contributed by atoms with Gasteiger partial charge in [0.2, 0.25) is 0 Å². The number of nitrogens with zero attached hydrogens (tertiary/aromatic N) is 2. The van der Waals surface area contributed by atoms with Crippen LogP contribution in [0.25, 0.3) is 11.1 Å². The van der Waals surface area contributed by atoms with Gasteiger partial charge in [-0.05, 0) is 76.9 Å². The zero-order valence-corrected chi connectivity index (χ0v) is 18.3. The lowest BCUT2D eigenvalue weighted by Crippen LogP contribution is -2.00. The molecule has 2 heteroatoms. The summed E-state index contributed by atoms with van der Waals surface area (Å²) in [5.41, 5.74) is 9.88. The monoisotopic (exact) mass is 404 g/mol. The summed E-state index contributed by atoms with van der Waals surface area (Å²) >= 11 is 0. The molecule has 31 heavy (non-hydrogen) atoms. The SMILES string of the molecule is Cc1c2ccc(c1C)/C(c1ccccc1)=C\C=N\CCC/N=C/C=C\2c1ccccc1. The third kappa shape index (κ3) is 4.80. The van der Waals surface area contributed by atoms with Crippen molar-refractivity contribution < 1.29 is 0 Å². The Labute approximate surface area is 185 Å². The molecule has 2 aliphatic heterocycles. The lowest BCUT2D eigenvalue weighted by molar-refractivity contribution is 0.851. The Balaban J connectivity index is 1.91.